The topological polar surface area (TPSA) is 39.1 Å². The van der Waals surface area contributed by atoms with Gasteiger partial charge in [0.1, 0.15) is 0 Å². The number of piperidine rings is 1. The average molecular weight is 221 g/mol. The van der Waals surface area contributed by atoms with Crippen molar-refractivity contribution in [2.75, 3.05) is 33.2 Å². The van der Waals surface area contributed by atoms with Crippen LogP contribution in [0.2, 0.25) is 0 Å². The molecule has 0 aromatic rings. The summed E-state index contributed by atoms with van der Waals surface area (Å²) >= 11 is 0. The second-order valence-electron chi connectivity index (χ2n) is 5.65. The fourth-order valence-electron chi connectivity index (χ4n) is 2.89. The van der Waals surface area contributed by atoms with Gasteiger partial charge in [0.05, 0.1) is 11.5 Å². The molecular weight excluding hydrogens is 198 g/mol. The van der Waals surface area contributed by atoms with Crippen molar-refractivity contribution < 1.29 is 0 Å². The van der Waals surface area contributed by atoms with E-state index in [-0.39, 0.29) is 5.41 Å². The lowest BCUT2D eigenvalue weighted by molar-refractivity contribution is 0.180. The molecule has 2 fully saturated rings. The zero-order valence-electron chi connectivity index (χ0n) is 10.3. The Morgan fingerprint density at radius 3 is 2.81 bits per heavy atom. The molecule has 2 aliphatic rings. The van der Waals surface area contributed by atoms with Crippen LogP contribution in [-0.2, 0) is 0 Å². The summed E-state index contributed by atoms with van der Waals surface area (Å²) in [7, 11) is 2.20. The smallest absolute Gasteiger partial charge is 0.0703 e. The van der Waals surface area contributed by atoms with E-state index < -0.39 is 0 Å². The maximum atomic E-state index is 9.12. The molecule has 0 bridgehead atoms. The van der Waals surface area contributed by atoms with E-state index in [0.29, 0.717) is 0 Å². The molecule has 1 atom stereocenters. The zero-order valence-corrected chi connectivity index (χ0v) is 10.3. The molecule has 0 amide bonds. The molecule has 16 heavy (non-hydrogen) atoms. The Balaban J connectivity index is 1.66. The number of rotatable bonds is 4. The van der Waals surface area contributed by atoms with Crippen LogP contribution >= 0.6 is 0 Å². The molecule has 90 valence electrons. The zero-order chi connectivity index (χ0) is 11.4. The van der Waals surface area contributed by atoms with E-state index in [4.69, 9.17) is 5.26 Å². The fourth-order valence-corrected chi connectivity index (χ4v) is 2.89. The molecule has 1 unspecified atom stereocenters. The summed E-state index contributed by atoms with van der Waals surface area (Å²) in [6.07, 6.45) is 6.10. The van der Waals surface area contributed by atoms with Crippen molar-refractivity contribution in [2.45, 2.75) is 32.1 Å². The van der Waals surface area contributed by atoms with Crippen LogP contribution in [0, 0.1) is 22.7 Å². The molecule has 2 rings (SSSR count). The third kappa shape index (κ3) is 2.75. The van der Waals surface area contributed by atoms with Gasteiger partial charge in [0, 0.05) is 13.1 Å². The summed E-state index contributed by atoms with van der Waals surface area (Å²) in [4.78, 5) is 2.42. The lowest BCUT2D eigenvalue weighted by atomic mass is 9.70. The Bertz CT molecular complexity index is 265. The molecule has 0 aromatic heterocycles. The van der Waals surface area contributed by atoms with Crippen molar-refractivity contribution in [3.63, 3.8) is 0 Å². The Morgan fingerprint density at radius 2 is 2.25 bits per heavy atom. The predicted octanol–water partition coefficient (Wildman–Crippen LogP) is 1.61. The number of nitrogens with one attached hydrogen (secondary N) is 1. The first-order valence-electron chi connectivity index (χ1n) is 6.55. The molecule has 1 aliphatic heterocycles. The Morgan fingerprint density at radius 1 is 1.44 bits per heavy atom. The molecule has 1 saturated carbocycles. The standard InChI is InChI=1S/C13H23N3/c1-16-7-2-4-12(9-16)8-15-11-13(10-14)5-3-6-13/h12,15H,2-9,11H2,1H3. The predicted molar refractivity (Wildman–Crippen MR) is 65.0 cm³/mol. The van der Waals surface area contributed by atoms with Crippen molar-refractivity contribution in [1.82, 2.24) is 10.2 Å². The minimum absolute atomic E-state index is 0.0133. The van der Waals surface area contributed by atoms with Crippen molar-refractivity contribution in [3.8, 4) is 6.07 Å². The second-order valence-corrected chi connectivity index (χ2v) is 5.65. The first-order valence-corrected chi connectivity index (χ1v) is 6.55. The highest BCUT2D eigenvalue weighted by molar-refractivity contribution is 5.05. The van der Waals surface area contributed by atoms with Gasteiger partial charge in [-0.3, -0.25) is 0 Å². The normalized spacial score (nSPS) is 29.4. The van der Waals surface area contributed by atoms with Gasteiger partial charge in [-0.1, -0.05) is 6.42 Å². The SMILES string of the molecule is CN1CCCC(CNCC2(C#N)CCC2)C1. The van der Waals surface area contributed by atoms with Crippen LogP contribution in [0.4, 0.5) is 0 Å². The van der Waals surface area contributed by atoms with Gasteiger partial charge in [-0.15, -0.1) is 0 Å². The monoisotopic (exact) mass is 221 g/mol. The molecule has 1 N–H and O–H groups in total. The van der Waals surface area contributed by atoms with Crippen LogP contribution in [-0.4, -0.2) is 38.1 Å². The highest BCUT2D eigenvalue weighted by atomic mass is 15.1. The Kier molecular flexibility index (Phi) is 3.83. The summed E-state index contributed by atoms with van der Waals surface area (Å²) < 4.78 is 0. The number of hydrogen-bond acceptors (Lipinski definition) is 3. The van der Waals surface area contributed by atoms with Gasteiger partial charge in [-0.2, -0.15) is 5.26 Å². The molecule has 0 radical (unpaired) electrons. The van der Waals surface area contributed by atoms with E-state index in [2.05, 4.69) is 23.3 Å². The molecule has 0 spiro atoms. The van der Waals surface area contributed by atoms with Crippen LogP contribution in [0.5, 0.6) is 0 Å². The maximum Gasteiger partial charge on any atom is 0.0703 e. The van der Waals surface area contributed by atoms with Gasteiger partial charge in [-0.25, -0.2) is 0 Å². The van der Waals surface area contributed by atoms with E-state index in [1.165, 1.54) is 32.4 Å². The number of hydrogen-bond donors (Lipinski definition) is 1. The highest BCUT2D eigenvalue weighted by Crippen LogP contribution is 2.39. The van der Waals surface area contributed by atoms with Gasteiger partial charge in [0.2, 0.25) is 0 Å². The van der Waals surface area contributed by atoms with Gasteiger partial charge in [0.25, 0.3) is 0 Å². The lowest BCUT2D eigenvalue weighted by Gasteiger charge is -2.36. The van der Waals surface area contributed by atoms with Crippen molar-refractivity contribution in [2.24, 2.45) is 11.3 Å². The van der Waals surface area contributed by atoms with Crippen molar-refractivity contribution >= 4 is 0 Å². The molecule has 1 aliphatic carbocycles. The van der Waals surface area contributed by atoms with Crippen LogP contribution in [0.1, 0.15) is 32.1 Å². The molecule has 3 nitrogen and oxygen atoms in total. The molecule has 1 saturated heterocycles. The quantitative estimate of drug-likeness (QED) is 0.784. The van der Waals surface area contributed by atoms with Gasteiger partial charge in [0.15, 0.2) is 0 Å². The third-order valence-corrected chi connectivity index (χ3v) is 4.17. The first kappa shape index (κ1) is 11.9. The minimum atomic E-state index is -0.0133. The van der Waals surface area contributed by atoms with E-state index >= 15 is 0 Å². The summed E-state index contributed by atoms with van der Waals surface area (Å²) in [5, 5.41) is 12.6. The van der Waals surface area contributed by atoms with Gasteiger partial charge < -0.3 is 10.2 Å². The van der Waals surface area contributed by atoms with Gasteiger partial charge in [-0.05, 0) is 51.7 Å². The van der Waals surface area contributed by atoms with Crippen LogP contribution < -0.4 is 5.32 Å². The maximum absolute atomic E-state index is 9.12. The summed E-state index contributed by atoms with van der Waals surface area (Å²) in [5.41, 5.74) is -0.0133. The van der Waals surface area contributed by atoms with E-state index in [9.17, 15) is 0 Å². The number of likely N-dealkylation sites (tertiary alicyclic amines) is 1. The van der Waals surface area contributed by atoms with Crippen LogP contribution in [0.15, 0.2) is 0 Å². The number of nitriles is 1. The first-order chi connectivity index (χ1) is 7.74. The third-order valence-electron chi connectivity index (χ3n) is 4.17. The van der Waals surface area contributed by atoms with Crippen LogP contribution in [0.25, 0.3) is 0 Å². The van der Waals surface area contributed by atoms with Crippen molar-refractivity contribution in [3.05, 3.63) is 0 Å². The molecule has 0 aromatic carbocycles. The van der Waals surface area contributed by atoms with E-state index in [1.54, 1.807) is 0 Å². The van der Waals surface area contributed by atoms with E-state index in [0.717, 1.165) is 31.8 Å². The molecular formula is C13H23N3. The summed E-state index contributed by atoms with van der Waals surface area (Å²) in [6, 6.07) is 2.49. The largest absolute Gasteiger partial charge is 0.315 e. The Labute approximate surface area is 98.8 Å². The van der Waals surface area contributed by atoms with Crippen molar-refractivity contribution in [1.29, 1.82) is 5.26 Å². The minimum Gasteiger partial charge on any atom is -0.315 e. The van der Waals surface area contributed by atoms with Crippen LogP contribution in [0.3, 0.4) is 0 Å². The number of nitrogens with zero attached hydrogens (tertiary/aromatic N) is 2. The lowest BCUT2D eigenvalue weighted by Crippen LogP contribution is -2.43. The average Bonchev–Trinajstić information content (AvgIpc) is 2.22. The Hall–Kier alpha value is -0.590. The summed E-state index contributed by atoms with van der Waals surface area (Å²) in [6.45, 7) is 4.46. The van der Waals surface area contributed by atoms with E-state index in [1.807, 2.05) is 0 Å². The highest BCUT2D eigenvalue weighted by Gasteiger charge is 2.36. The molecule has 1 heterocycles. The fraction of sp³-hybridized carbons (Fsp3) is 0.923. The van der Waals surface area contributed by atoms with Gasteiger partial charge >= 0.3 is 0 Å². The second kappa shape index (κ2) is 5.16. The summed E-state index contributed by atoms with van der Waals surface area (Å²) in [5.74, 6) is 0.787. The molecule has 3 heteroatoms.